The van der Waals surface area contributed by atoms with Crippen LogP contribution in [0.2, 0.25) is 0 Å². The molecule has 0 radical (unpaired) electrons. The van der Waals surface area contributed by atoms with Crippen molar-refractivity contribution in [3.63, 3.8) is 0 Å². The van der Waals surface area contributed by atoms with E-state index in [0.717, 1.165) is 32.4 Å². The number of unbranched alkanes of at least 4 members (excludes halogenated alkanes) is 1. The Kier molecular flexibility index (Phi) is 13.6. The zero-order chi connectivity index (χ0) is 15.2. The molecule has 2 atom stereocenters. The van der Waals surface area contributed by atoms with Crippen molar-refractivity contribution in [1.29, 1.82) is 0 Å². The Bertz CT molecular complexity index is 204. The summed E-state index contributed by atoms with van der Waals surface area (Å²) < 4.78 is 10.8. The van der Waals surface area contributed by atoms with Crippen LogP contribution >= 0.6 is 0 Å². The van der Waals surface area contributed by atoms with Gasteiger partial charge in [0.2, 0.25) is 0 Å². The number of aliphatic hydroxyl groups excluding tert-OH is 1. The smallest absolute Gasteiger partial charge is 0.0897 e. The lowest BCUT2D eigenvalue weighted by Crippen LogP contribution is -2.37. The quantitative estimate of drug-likeness (QED) is 0.469. The van der Waals surface area contributed by atoms with Crippen LogP contribution in [-0.2, 0) is 9.47 Å². The van der Waals surface area contributed by atoms with E-state index in [9.17, 15) is 5.11 Å². The first-order valence-corrected chi connectivity index (χ1v) is 7.77. The maximum absolute atomic E-state index is 9.78. The molecule has 5 heteroatoms. The second-order valence-electron chi connectivity index (χ2n) is 5.60. The Morgan fingerprint density at radius 3 is 2.50 bits per heavy atom. The fourth-order valence-electron chi connectivity index (χ4n) is 1.64. The second kappa shape index (κ2) is 13.8. The van der Waals surface area contributed by atoms with E-state index in [-0.39, 0.29) is 0 Å². The van der Waals surface area contributed by atoms with E-state index in [1.807, 2.05) is 0 Å². The van der Waals surface area contributed by atoms with Crippen molar-refractivity contribution < 1.29 is 14.6 Å². The van der Waals surface area contributed by atoms with Crippen LogP contribution in [0.4, 0.5) is 0 Å². The molecule has 0 spiro atoms. The van der Waals surface area contributed by atoms with Gasteiger partial charge in [-0.25, -0.2) is 0 Å². The molecular formula is C15H34N2O3. The topological polar surface area (TPSA) is 54.0 Å². The number of nitrogens with one attached hydrogen (secondary N) is 1. The SMILES string of the molecule is CCCCOCCOCC(O)CNC(C)CCN(C)C. The lowest BCUT2D eigenvalue weighted by atomic mass is 10.2. The van der Waals surface area contributed by atoms with Crippen LogP contribution in [0.15, 0.2) is 0 Å². The molecule has 122 valence electrons. The van der Waals surface area contributed by atoms with Crippen molar-refractivity contribution in [3.05, 3.63) is 0 Å². The Morgan fingerprint density at radius 1 is 1.15 bits per heavy atom. The van der Waals surface area contributed by atoms with Crippen molar-refractivity contribution in [1.82, 2.24) is 10.2 Å². The number of rotatable bonds is 14. The van der Waals surface area contributed by atoms with Gasteiger partial charge >= 0.3 is 0 Å². The van der Waals surface area contributed by atoms with Crippen LogP contribution in [0, 0.1) is 0 Å². The highest BCUT2D eigenvalue weighted by Gasteiger charge is 2.07. The van der Waals surface area contributed by atoms with E-state index in [1.54, 1.807) is 0 Å². The summed E-state index contributed by atoms with van der Waals surface area (Å²) in [5.41, 5.74) is 0. The monoisotopic (exact) mass is 290 g/mol. The first-order chi connectivity index (χ1) is 9.56. The Labute approximate surface area is 124 Å². The third-order valence-electron chi connectivity index (χ3n) is 3.04. The minimum Gasteiger partial charge on any atom is -0.389 e. The lowest BCUT2D eigenvalue weighted by molar-refractivity contribution is 0.00323. The molecule has 0 saturated carbocycles. The molecule has 20 heavy (non-hydrogen) atoms. The highest BCUT2D eigenvalue weighted by Crippen LogP contribution is 1.94. The van der Waals surface area contributed by atoms with Crippen molar-refractivity contribution >= 4 is 0 Å². The summed E-state index contributed by atoms with van der Waals surface area (Å²) in [5, 5.41) is 13.1. The van der Waals surface area contributed by atoms with Gasteiger partial charge in [0.25, 0.3) is 0 Å². The van der Waals surface area contributed by atoms with E-state index in [0.29, 0.717) is 32.4 Å². The maximum atomic E-state index is 9.78. The molecule has 0 aromatic rings. The highest BCUT2D eigenvalue weighted by molar-refractivity contribution is 4.66. The van der Waals surface area contributed by atoms with Crippen LogP contribution in [0.5, 0.6) is 0 Å². The minimum atomic E-state index is -0.451. The average molecular weight is 290 g/mol. The zero-order valence-corrected chi connectivity index (χ0v) is 13.7. The van der Waals surface area contributed by atoms with Crippen molar-refractivity contribution in [2.75, 3.05) is 53.6 Å². The Morgan fingerprint density at radius 2 is 1.85 bits per heavy atom. The molecule has 0 heterocycles. The Balaban J connectivity index is 3.33. The molecule has 0 bridgehead atoms. The molecule has 0 aliphatic rings. The second-order valence-corrected chi connectivity index (χ2v) is 5.60. The van der Waals surface area contributed by atoms with E-state index >= 15 is 0 Å². The van der Waals surface area contributed by atoms with Gasteiger partial charge < -0.3 is 24.8 Å². The van der Waals surface area contributed by atoms with Gasteiger partial charge in [-0.05, 0) is 40.4 Å². The Hall–Kier alpha value is -0.200. The summed E-state index contributed by atoms with van der Waals surface area (Å²) in [6.45, 7) is 8.23. The first kappa shape index (κ1) is 19.8. The molecule has 2 unspecified atom stereocenters. The summed E-state index contributed by atoms with van der Waals surface area (Å²) in [6, 6.07) is 0.407. The summed E-state index contributed by atoms with van der Waals surface area (Å²) in [7, 11) is 4.13. The molecule has 5 nitrogen and oxygen atoms in total. The van der Waals surface area contributed by atoms with Crippen molar-refractivity contribution in [3.8, 4) is 0 Å². The van der Waals surface area contributed by atoms with E-state index in [4.69, 9.17) is 9.47 Å². The minimum absolute atomic E-state index is 0.366. The number of aliphatic hydroxyl groups is 1. The third kappa shape index (κ3) is 14.2. The van der Waals surface area contributed by atoms with Gasteiger partial charge in [0, 0.05) is 19.2 Å². The molecule has 0 aliphatic carbocycles. The number of hydrogen-bond acceptors (Lipinski definition) is 5. The number of nitrogens with zero attached hydrogens (tertiary/aromatic N) is 1. The molecule has 0 aliphatic heterocycles. The van der Waals surface area contributed by atoms with Gasteiger partial charge in [-0.2, -0.15) is 0 Å². The van der Waals surface area contributed by atoms with Crippen LogP contribution in [0.1, 0.15) is 33.1 Å². The van der Waals surface area contributed by atoms with Gasteiger partial charge in [0.15, 0.2) is 0 Å². The maximum Gasteiger partial charge on any atom is 0.0897 e. The van der Waals surface area contributed by atoms with Crippen LogP contribution in [0.25, 0.3) is 0 Å². The fraction of sp³-hybridized carbons (Fsp3) is 1.00. The average Bonchev–Trinajstić information content (AvgIpc) is 2.41. The fourth-order valence-corrected chi connectivity index (χ4v) is 1.64. The van der Waals surface area contributed by atoms with Crippen molar-refractivity contribution in [2.24, 2.45) is 0 Å². The predicted octanol–water partition coefficient (Wildman–Crippen LogP) is 1.11. The summed E-state index contributed by atoms with van der Waals surface area (Å²) in [4.78, 5) is 2.16. The van der Waals surface area contributed by atoms with Gasteiger partial charge in [0.05, 0.1) is 25.9 Å². The van der Waals surface area contributed by atoms with Crippen molar-refractivity contribution in [2.45, 2.75) is 45.3 Å². The van der Waals surface area contributed by atoms with Crippen LogP contribution in [0.3, 0.4) is 0 Å². The normalized spacial score (nSPS) is 14.7. The molecule has 2 N–H and O–H groups in total. The highest BCUT2D eigenvalue weighted by atomic mass is 16.5. The number of hydrogen-bond donors (Lipinski definition) is 2. The van der Waals surface area contributed by atoms with Gasteiger partial charge in [-0.1, -0.05) is 13.3 Å². The molecule has 0 rings (SSSR count). The van der Waals surface area contributed by atoms with Crippen LogP contribution < -0.4 is 5.32 Å². The third-order valence-corrected chi connectivity index (χ3v) is 3.04. The molecular weight excluding hydrogens is 256 g/mol. The predicted molar refractivity (Wildman–Crippen MR) is 83.2 cm³/mol. The van der Waals surface area contributed by atoms with Gasteiger partial charge in [-0.15, -0.1) is 0 Å². The first-order valence-electron chi connectivity index (χ1n) is 7.77. The number of ether oxygens (including phenoxy) is 2. The largest absolute Gasteiger partial charge is 0.389 e. The molecule has 0 saturated heterocycles. The van der Waals surface area contributed by atoms with Gasteiger partial charge in [-0.3, -0.25) is 0 Å². The van der Waals surface area contributed by atoms with Crippen LogP contribution in [-0.4, -0.2) is 75.8 Å². The molecule has 0 aromatic carbocycles. The molecule has 0 aromatic heterocycles. The van der Waals surface area contributed by atoms with E-state index < -0.39 is 6.10 Å². The molecule has 0 fully saturated rings. The van der Waals surface area contributed by atoms with Gasteiger partial charge in [0.1, 0.15) is 0 Å². The van der Waals surface area contributed by atoms with E-state index in [2.05, 4.69) is 38.2 Å². The summed E-state index contributed by atoms with van der Waals surface area (Å²) in [5.74, 6) is 0. The summed E-state index contributed by atoms with van der Waals surface area (Å²) >= 11 is 0. The standard InChI is InChI=1S/C15H34N2O3/c1-5-6-9-19-10-11-20-13-15(18)12-16-14(2)7-8-17(3)4/h14-16,18H,5-13H2,1-4H3. The summed E-state index contributed by atoms with van der Waals surface area (Å²) in [6.07, 6.45) is 2.87. The lowest BCUT2D eigenvalue weighted by Gasteiger charge is -2.19. The van der Waals surface area contributed by atoms with E-state index in [1.165, 1.54) is 0 Å². The zero-order valence-electron chi connectivity index (χ0n) is 13.7. The molecule has 0 amide bonds.